The van der Waals surface area contributed by atoms with Gasteiger partial charge in [-0.2, -0.15) is 0 Å². The van der Waals surface area contributed by atoms with Crippen molar-refractivity contribution in [2.24, 2.45) is 11.7 Å². The molecule has 2 rings (SSSR count). The number of rotatable bonds is 5. The fraction of sp³-hybridized carbons (Fsp3) is 0.364. The maximum atomic E-state index is 12.7. The minimum absolute atomic E-state index is 0.0876. The highest BCUT2D eigenvalue weighted by Gasteiger charge is 2.21. The van der Waals surface area contributed by atoms with Crippen LogP contribution < -0.4 is 11.1 Å². The van der Waals surface area contributed by atoms with E-state index in [1.807, 2.05) is 0 Å². The summed E-state index contributed by atoms with van der Waals surface area (Å²) in [5.74, 6) is -0.539. The van der Waals surface area contributed by atoms with Gasteiger partial charge in [-0.25, -0.2) is 0 Å². The number of primary amides is 1. The van der Waals surface area contributed by atoms with E-state index in [0.29, 0.717) is 11.1 Å². The molecule has 0 fully saturated rings. The van der Waals surface area contributed by atoms with Crippen LogP contribution in [0.15, 0.2) is 48.5 Å². The number of hydrogen-bond donors (Lipinski definition) is 2. The molecule has 2 amide bonds. The molecule has 0 bridgehead atoms. The predicted molar refractivity (Wildman–Crippen MR) is 105 cm³/mol. The lowest BCUT2D eigenvalue weighted by atomic mass is 9.85. The van der Waals surface area contributed by atoms with Crippen LogP contribution in [0.4, 0.5) is 0 Å². The largest absolute Gasteiger partial charge is 0.366 e. The van der Waals surface area contributed by atoms with Gasteiger partial charge in [0.05, 0.1) is 6.04 Å². The summed E-state index contributed by atoms with van der Waals surface area (Å²) < 4.78 is 0. The second-order valence-corrected chi connectivity index (χ2v) is 8.01. The Hall–Kier alpha value is -2.62. The van der Waals surface area contributed by atoms with E-state index in [-0.39, 0.29) is 23.3 Å². The fourth-order valence-electron chi connectivity index (χ4n) is 2.86. The lowest BCUT2D eigenvalue weighted by molar-refractivity contribution is 0.0925. The van der Waals surface area contributed by atoms with Crippen LogP contribution in [-0.2, 0) is 5.41 Å². The van der Waals surface area contributed by atoms with Crippen molar-refractivity contribution in [3.63, 3.8) is 0 Å². The molecule has 0 unspecified atom stereocenters. The third-order valence-electron chi connectivity index (χ3n) is 4.50. The molecule has 4 heteroatoms. The summed E-state index contributed by atoms with van der Waals surface area (Å²) in [5, 5.41) is 3.08. The number of benzene rings is 2. The van der Waals surface area contributed by atoms with Crippen LogP contribution >= 0.6 is 0 Å². The zero-order chi connectivity index (χ0) is 19.5. The highest BCUT2D eigenvalue weighted by Crippen LogP contribution is 2.27. The average Bonchev–Trinajstić information content (AvgIpc) is 2.58. The van der Waals surface area contributed by atoms with Crippen LogP contribution in [-0.4, -0.2) is 11.8 Å². The first-order chi connectivity index (χ1) is 12.1. The smallest absolute Gasteiger partial charge is 0.251 e. The van der Waals surface area contributed by atoms with Crippen molar-refractivity contribution in [1.82, 2.24) is 5.32 Å². The molecule has 0 radical (unpaired) electrons. The van der Waals surface area contributed by atoms with E-state index in [4.69, 9.17) is 5.73 Å². The molecule has 0 spiro atoms. The van der Waals surface area contributed by atoms with Crippen LogP contribution in [0.5, 0.6) is 0 Å². The summed E-state index contributed by atoms with van der Waals surface area (Å²) in [5.41, 5.74) is 8.46. The molecular weight excluding hydrogens is 324 g/mol. The van der Waals surface area contributed by atoms with Crippen molar-refractivity contribution in [1.29, 1.82) is 0 Å². The second kappa shape index (κ2) is 7.73. The molecule has 3 N–H and O–H groups in total. The maximum absolute atomic E-state index is 12.7. The number of nitrogens with one attached hydrogen (secondary N) is 1. The minimum atomic E-state index is -0.544. The number of amides is 2. The Morgan fingerprint density at radius 1 is 0.962 bits per heavy atom. The van der Waals surface area contributed by atoms with E-state index in [0.717, 1.165) is 5.56 Å². The van der Waals surface area contributed by atoms with Crippen LogP contribution in [0.2, 0.25) is 0 Å². The molecule has 1 atom stereocenters. The van der Waals surface area contributed by atoms with E-state index in [1.54, 1.807) is 18.2 Å². The summed E-state index contributed by atoms with van der Waals surface area (Å²) in [6, 6.07) is 14.7. The standard InChI is InChI=1S/C22H28N2O2/c1-14(2)19(15-9-11-18(12-10-15)22(3,4)5)24-21(26)17-8-6-7-16(13-17)20(23)25/h6-14,19H,1-5H3,(H2,23,25)(H,24,26)/t19-/m1/s1. The third kappa shape index (κ3) is 4.72. The predicted octanol–water partition coefficient (Wildman–Crippen LogP) is 4.21. The highest BCUT2D eigenvalue weighted by molar-refractivity contribution is 5.99. The molecule has 0 aliphatic carbocycles. The lowest BCUT2D eigenvalue weighted by Gasteiger charge is -2.25. The molecule has 2 aromatic rings. The first-order valence-electron chi connectivity index (χ1n) is 8.91. The summed E-state index contributed by atoms with van der Waals surface area (Å²) in [7, 11) is 0. The molecule has 138 valence electrons. The van der Waals surface area contributed by atoms with E-state index >= 15 is 0 Å². The summed E-state index contributed by atoms with van der Waals surface area (Å²) in [4.78, 5) is 24.0. The van der Waals surface area contributed by atoms with Gasteiger partial charge in [0, 0.05) is 11.1 Å². The zero-order valence-electron chi connectivity index (χ0n) is 16.2. The van der Waals surface area contributed by atoms with Gasteiger partial charge in [0.15, 0.2) is 0 Å². The minimum Gasteiger partial charge on any atom is -0.366 e. The first kappa shape index (κ1) is 19.7. The quantitative estimate of drug-likeness (QED) is 0.846. The van der Waals surface area contributed by atoms with Crippen LogP contribution in [0.1, 0.15) is 72.5 Å². The lowest BCUT2D eigenvalue weighted by Crippen LogP contribution is -2.32. The molecule has 0 aromatic heterocycles. The van der Waals surface area contributed by atoms with E-state index in [9.17, 15) is 9.59 Å². The topological polar surface area (TPSA) is 72.2 Å². The van der Waals surface area contributed by atoms with Gasteiger partial charge < -0.3 is 11.1 Å². The first-order valence-corrected chi connectivity index (χ1v) is 8.91. The Labute approximate surface area is 155 Å². The van der Waals surface area contributed by atoms with Crippen molar-refractivity contribution >= 4 is 11.8 Å². The average molecular weight is 352 g/mol. The monoisotopic (exact) mass is 352 g/mol. The van der Waals surface area contributed by atoms with Crippen LogP contribution in [0.25, 0.3) is 0 Å². The Morgan fingerprint density at radius 2 is 1.54 bits per heavy atom. The van der Waals surface area contributed by atoms with Crippen LogP contribution in [0.3, 0.4) is 0 Å². The summed E-state index contributed by atoms with van der Waals surface area (Å²) >= 11 is 0. The molecule has 2 aromatic carbocycles. The van der Waals surface area contributed by atoms with Gasteiger partial charge in [-0.1, -0.05) is 65.0 Å². The van der Waals surface area contributed by atoms with Gasteiger partial charge in [0.1, 0.15) is 0 Å². The number of hydrogen-bond acceptors (Lipinski definition) is 2. The van der Waals surface area contributed by atoms with Gasteiger partial charge >= 0.3 is 0 Å². The molecular formula is C22H28N2O2. The van der Waals surface area contributed by atoms with Crippen molar-refractivity contribution in [3.05, 3.63) is 70.8 Å². The van der Waals surface area contributed by atoms with Gasteiger partial charge in [0.2, 0.25) is 5.91 Å². The van der Waals surface area contributed by atoms with Crippen molar-refractivity contribution in [2.75, 3.05) is 0 Å². The van der Waals surface area contributed by atoms with E-state index in [1.165, 1.54) is 11.6 Å². The number of carbonyl (C=O) groups is 2. The van der Waals surface area contributed by atoms with Crippen molar-refractivity contribution in [2.45, 2.75) is 46.1 Å². The van der Waals surface area contributed by atoms with Crippen molar-refractivity contribution in [3.8, 4) is 0 Å². The Kier molecular flexibility index (Phi) is 5.86. The van der Waals surface area contributed by atoms with E-state index in [2.05, 4.69) is 64.2 Å². The number of nitrogens with two attached hydrogens (primary N) is 1. The highest BCUT2D eigenvalue weighted by atomic mass is 16.2. The maximum Gasteiger partial charge on any atom is 0.251 e. The van der Waals surface area contributed by atoms with Crippen LogP contribution in [0, 0.1) is 5.92 Å². The second-order valence-electron chi connectivity index (χ2n) is 8.01. The van der Waals surface area contributed by atoms with Gasteiger partial charge in [0.25, 0.3) is 5.91 Å². The molecule has 0 saturated carbocycles. The van der Waals surface area contributed by atoms with Gasteiger partial charge in [-0.05, 0) is 40.7 Å². The van der Waals surface area contributed by atoms with Crippen molar-refractivity contribution < 1.29 is 9.59 Å². The molecule has 0 saturated heterocycles. The molecule has 4 nitrogen and oxygen atoms in total. The third-order valence-corrected chi connectivity index (χ3v) is 4.50. The molecule has 0 heterocycles. The zero-order valence-corrected chi connectivity index (χ0v) is 16.2. The number of carbonyl (C=O) groups excluding carboxylic acids is 2. The van der Waals surface area contributed by atoms with Gasteiger partial charge in [-0.15, -0.1) is 0 Å². The Bertz CT molecular complexity index is 787. The SMILES string of the molecule is CC(C)[C@@H](NC(=O)c1cccc(C(N)=O)c1)c1ccc(C(C)(C)C)cc1. The normalized spacial score (nSPS) is 12.7. The summed E-state index contributed by atoms with van der Waals surface area (Å²) in [6.45, 7) is 10.7. The summed E-state index contributed by atoms with van der Waals surface area (Å²) in [6.07, 6.45) is 0. The molecule has 0 aliphatic rings. The fourth-order valence-corrected chi connectivity index (χ4v) is 2.86. The van der Waals surface area contributed by atoms with E-state index < -0.39 is 5.91 Å². The molecule has 26 heavy (non-hydrogen) atoms. The molecule has 0 aliphatic heterocycles. The Morgan fingerprint density at radius 3 is 2.04 bits per heavy atom. The Balaban J connectivity index is 2.24. The van der Waals surface area contributed by atoms with Gasteiger partial charge in [-0.3, -0.25) is 9.59 Å².